The van der Waals surface area contributed by atoms with Crippen LogP contribution in [-0.2, 0) is 0 Å². The zero-order chi connectivity index (χ0) is 7.98. The molecule has 0 aromatic carbocycles. The van der Waals surface area contributed by atoms with Gasteiger partial charge in [-0.05, 0) is 17.2 Å². The lowest BCUT2D eigenvalue weighted by Gasteiger charge is -2.05. The summed E-state index contributed by atoms with van der Waals surface area (Å²) in [5.41, 5.74) is 0. The molecular formula is C7H11NOS. The molecule has 0 unspecified atom stereocenters. The summed E-state index contributed by atoms with van der Waals surface area (Å²) in [5.74, 6) is 0. The number of thioether (sulfide) groups is 1. The van der Waals surface area contributed by atoms with E-state index >= 15 is 0 Å². The Kier molecular flexibility index (Phi) is 4.76. The summed E-state index contributed by atoms with van der Waals surface area (Å²) in [6, 6.07) is 0. The fourth-order valence-corrected chi connectivity index (χ4v) is 0.775. The first-order valence-electron chi connectivity index (χ1n) is 2.84. The highest BCUT2D eigenvalue weighted by atomic mass is 32.2. The van der Waals surface area contributed by atoms with Crippen molar-refractivity contribution in [3.63, 3.8) is 0 Å². The minimum absolute atomic E-state index is 0.0260. The molecule has 0 saturated carbocycles. The number of nitrogens with zero attached hydrogens (tertiary/aromatic N) is 1. The number of carbonyl (C=O) groups excluding carboxylic acids is 1. The van der Waals surface area contributed by atoms with Gasteiger partial charge in [0.25, 0.3) is 5.24 Å². The van der Waals surface area contributed by atoms with E-state index in [0.717, 1.165) is 11.8 Å². The van der Waals surface area contributed by atoms with E-state index in [9.17, 15) is 4.79 Å². The van der Waals surface area contributed by atoms with Crippen LogP contribution in [0.4, 0.5) is 4.79 Å². The molecule has 56 valence electrons. The van der Waals surface area contributed by atoms with Gasteiger partial charge in [-0.2, -0.15) is 0 Å². The number of allylic oxidation sites excluding steroid dienone is 2. The van der Waals surface area contributed by atoms with Gasteiger partial charge in [0.1, 0.15) is 0 Å². The monoisotopic (exact) mass is 157 g/mol. The first kappa shape index (κ1) is 9.30. The van der Waals surface area contributed by atoms with Crippen molar-refractivity contribution in [2.75, 3.05) is 14.1 Å². The molecular weight excluding hydrogens is 146 g/mol. The molecule has 0 rings (SSSR count). The number of hydrogen-bond donors (Lipinski definition) is 0. The van der Waals surface area contributed by atoms with Crippen LogP contribution in [0.1, 0.15) is 0 Å². The Bertz CT molecular complexity index is 152. The van der Waals surface area contributed by atoms with E-state index in [2.05, 4.69) is 6.58 Å². The van der Waals surface area contributed by atoms with E-state index in [1.807, 2.05) is 0 Å². The zero-order valence-electron chi connectivity index (χ0n) is 6.20. The molecule has 1 amide bonds. The quantitative estimate of drug-likeness (QED) is 0.572. The molecule has 0 bridgehead atoms. The van der Waals surface area contributed by atoms with E-state index < -0.39 is 0 Å². The van der Waals surface area contributed by atoms with Crippen molar-refractivity contribution in [3.05, 3.63) is 24.1 Å². The molecule has 0 heterocycles. The Balaban J connectivity index is 3.59. The lowest BCUT2D eigenvalue weighted by molar-refractivity contribution is 0.241. The fraction of sp³-hybridized carbons (Fsp3) is 0.286. The van der Waals surface area contributed by atoms with Gasteiger partial charge in [0.05, 0.1) is 0 Å². The molecule has 0 radical (unpaired) electrons. The molecule has 0 aliphatic rings. The van der Waals surface area contributed by atoms with Gasteiger partial charge in [0.2, 0.25) is 0 Å². The fourth-order valence-electron chi connectivity index (χ4n) is 0.258. The van der Waals surface area contributed by atoms with Crippen LogP contribution >= 0.6 is 11.8 Å². The Morgan fingerprint density at radius 3 is 2.60 bits per heavy atom. The van der Waals surface area contributed by atoms with Gasteiger partial charge in [-0.1, -0.05) is 18.7 Å². The molecule has 0 fully saturated rings. The van der Waals surface area contributed by atoms with E-state index in [-0.39, 0.29) is 5.24 Å². The molecule has 0 N–H and O–H groups in total. The first-order valence-corrected chi connectivity index (χ1v) is 3.72. The summed E-state index contributed by atoms with van der Waals surface area (Å²) < 4.78 is 0. The second-order valence-electron chi connectivity index (χ2n) is 1.84. The molecule has 0 aromatic rings. The molecule has 0 aliphatic carbocycles. The standard InChI is InChI=1S/C7H11NOS/c1-4-5-6-10-7(9)8(2)3/h4-6H,1H2,2-3H3. The van der Waals surface area contributed by atoms with Gasteiger partial charge in [0, 0.05) is 14.1 Å². The molecule has 3 heteroatoms. The molecule has 0 spiro atoms. The van der Waals surface area contributed by atoms with Gasteiger partial charge in [-0.3, -0.25) is 4.79 Å². The van der Waals surface area contributed by atoms with Crippen molar-refractivity contribution in [2.45, 2.75) is 0 Å². The summed E-state index contributed by atoms with van der Waals surface area (Å²) in [6.45, 7) is 3.48. The van der Waals surface area contributed by atoms with E-state index in [4.69, 9.17) is 0 Å². The third-order valence-corrected chi connectivity index (χ3v) is 1.61. The zero-order valence-corrected chi connectivity index (χ0v) is 7.02. The topological polar surface area (TPSA) is 20.3 Å². The normalized spacial score (nSPS) is 9.80. The molecule has 0 atom stereocenters. The Morgan fingerprint density at radius 1 is 1.60 bits per heavy atom. The average molecular weight is 157 g/mol. The van der Waals surface area contributed by atoms with Crippen LogP contribution in [0.15, 0.2) is 24.1 Å². The van der Waals surface area contributed by atoms with E-state index in [0.29, 0.717) is 0 Å². The number of rotatable bonds is 2. The summed E-state index contributed by atoms with van der Waals surface area (Å²) in [4.78, 5) is 12.3. The molecule has 10 heavy (non-hydrogen) atoms. The summed E-state index contributed by atoms with van der Waals surface area (Å²) >= 11 is 1.14. The van der Waals surface area contributed by atoms with Crippen LogP contribution in [0.5, 0.6) is 0 Å². The minimum atomic E-state index is 0.0260. The SMILES string of the molecule is C=CC=CSC(=O)N(C)C. The minimum Gasteiger partial charge on any atom is -0.339 e. The van der Waals surface area contributed by atoms with Gasteiger partial charge in [-0.15, -0.1) is 0 Å². The van der Waals surface area contributed by atoms with Crippen molar-refractivity contribution in [3.8, 4) is 0 Å². The lowest BCUT2D eigenvalue weighted by Crippen LogP contribution is -2.15. The highest BCUT2D eigenvalue weighted by molar-refractivity contribution is 8.16. The van der Waals surface area contributed by atoms with E-state index in [1.165, 1.54) is 4.90 Å². The summed E-state index contributed by atoms with van der Waals surface area (Å²) in [7, 11) is 3.44. The van der Waals surface area contributed by atoms with Crippen LogP contribution in [0.25, 0.3) is 0 Å². The molecule has 0 saturated heterocycles. The predicted octanol–water partition coefficient (Wildman–Crippen LogP) is 2.10. The lowest BCUT2D eigenvalue weighted by atomic mass is 10.6. The van der Waals surface area contributed by atoms with Crippen molar-refractivity contribution in [1.29, 1.82) is 0 Å². The van der Waals surface area contributed by atoms with Crippen molar-refractivity contribution in [2.24, 2.45) is 0 Å². The Labute approximate surface area is 65.6 Å². The highest BCUT2D eigenvalue weighted by Crippen LogP contribution is 2.06. The van der Waals surface area contributed by atoms with E-state index in [1.54, 1.807) is 31.7 Å². The third-order valence-electron chi connectivity index (χ3n) is 0.749. The number of amides is 1. The maximum absolute atomic E-state index is 10.8. The number of carbonyl (C=O) groups is 1. The van der Waals surface area contributed by atoms with Crippen molar-refractivity contribution in [1.82, 2.24) is 4.90 Å². The van der Waals surface area contributed by atoms with Crippen molar-refractivity contribution < 1.29 is 4.79 Å². The van der Waals surface area contributed by atoms with Crippen LogP contribution in [0, 0.1) is 0 Å². The van der Waals surface area contributed by atoms with Crippen LogP contribution < -0.4 is 0 Å². The summed E-state index contributed by atoms with van der Waals surface area (Å²) in [6.07, 6.45) is 3.36. The largest absolute Gasteiger partial charge is 0.339 e. The highest BCUT2D eigenvalue weighted by Gasteiger charge is 1.98. The maximum atomic E-state index is 10.8. The second-order valence-corrected chi connectivity index (χ2v) is 2.70. The predicted molar refractivity (Wildman–Crippen MR) is 46.0 cm³/mol. The van der Waals surface area contributed by atoms with Crippen LogP contribution in [0.2, 0.25) is 0 Å². The van der Waals surface area contributed by atoms with Crippen LogP contribution in [0.3, 0.4) is 0 Å². The number of hydrogen-bond acceptors (Lipinski definition) is 2. The average Bonchev–Trinajstić information content (AvgIpc) is 1.88. The van der Waals surface area contributed by atoms with Crippen molar-refractivity contribution >= 4 is 17.0 Å². The maximum Gasteiger partial charge on any atom is 0.285 e. The molecule has 0 aromatic heterocycles. The van der Waals surface area contributed by atoms with Gasteiger partial charge < -0.3 is 4.90 Å². The van der Waals surface area contributed by atoms with Crippen LogP contribution in [-0.4, -0.2) is 24.2 Å². The van der Waals surface area contributed by atoms with Gasteiger partial charge in [0.15, 0.2) is 0 Å². The second kappa shape index (κ2) is 5.11. The van der Waals surface area contributed by atoms with Gasteiger partial charge in [-0.25, -0.2) is 0 Å². The molecule has 2 nitrogen and oxygen atoms in total. The van der Waals surface area contributed by atoms with Gasteiger partial charge >= 0.3 is 0 Å². The Hall–Kier alpha value is -0.700. The third kappa shape index (κ3) is 4.21. The first-order chi connectivity index (χ1) is 4.68. The molecule has 0 aliphatic heterocycles. The smallest absolute Gasteiger partial charge is 0.285 e. The Morgan fingerprint density at radius 2 is 2.20 bits per heavy atom. The summed E-state index contributed by atoms with van der Waals surface area (Å²) in [5, 5.41) is 1.73.